The van der Waals surface area contributed by atoms with Crippen molar-refractivity contribution in [3.8, 4) is 0 Å². The van der Waals surface area contributed by atoms with Crippen LogP contribution >= 0.6 is 15.9 Å². The van der Waals surface area contributed by atoms with Gasteiger partial charge in [-0.15, -0.1) is 0 Å². The van der Waals surface area contributed by atoms with Gasteiger partial charge >= 0.3 is 11.6 Å². The molecule has 0 radical (unpaired) electrons. The zero-order valence-electron chi connectivity index (χ0n) is 11.7. The van der Waals surface area contributed by atoms with Crippen LogP contribution < -0.4 is 10.9 Å². The van der Waals surface area contributed by atoms with Crippen LogP contribution in [0.15, 0.2) is 37.9 Å². The molecule has 0 saturated carbocycles. The highest BCUT2D eigenvalue weighted by Crippen LogP contribution is 2.21. The summed E-state index contributed by atoms with van der Waals surface area (Å²) >= 11 is 3.33. The molecule has 0 bridgehead atoms. The standard InChI is InChI=1S/C15H16BrNO4/c1-8(2)14(15(19)20)17-7-9-5-13(18)21-12-6-10(16)3-4-11(9)12/h3-6,8,14,17H,7H2,1-2H3,(H,19,20). The van der Waals surface area contributed by atoms with Crippen LogP contribution in [0.3, 0.4) is 0 Å². The van der Waals surface area contributed by atoms with Gasteiger partial charge in [0, 0.05) is 22.5 Å². The summed E-state index contributed by atoms with van der Waals surface area (Å²) in [6, 6.07) is 6.13. The molecule has 0 spiro atoms. The summed E-state index contributed by atoms with van der Waals surface area (Å²) in [6.07, 6.45) is 0. The van der Waals surface area contributed by atoms with E-state index in [2.05, 4.69) is 21.2 Å². The van der Waals surface area contributed by atoms with Crippen molar-refractivity contribution in [3.05, 3.63) is 44.7 Å². The predicted molar refractivity (Wildman–Crippen MR) is 83.3 cm³/mol. The van der Waals surface area contributed by atoms with Crippen LogP contribution in [0.25, 0.3) is 11.0 Å². The number of carboxylic acids is 1. The van der Waals surface area contributed by atoms with Crippen molar-refractivity contribution in [2.45, 2.75) is 26.4 Å². The summed E-state index contributed by atoms with van der Waals surface area (Å²) in [6.45, 7) is 3.96. The Hall–Kier alpha value is -1.66. The lowest BCUT2D eigenvalue weighted by molar-refractivity contribution is -0.140. The average Bonchev–Trinajstić information content (AvgIpc) is 2.36. The van der Waals surface area contributed by atoms with Crippen LogP contribution in [0.5, 0.6) is 0 Å². The summed E-state index contributed by atoms with van der Waals surface area (Å²) < 4.78 is 5.97. The first-order valence-corrected chi connectivity index (χ1v) is 7.36. The zero-order chi connectivity index (χ0) is 15.6. The van der Waals surface area contributed by atoms with Gasteiger partial charge in [0.25, 0.3) is 0 Å². The van der Waals surface area contributed by atoms with Crippen LogP contribution in [-0.2, 0) is 11.3 Å². The molecule has 1 atom stereocenters. The van der Waals surface area contributed by atoms with Crippen LogP contribution in [-0.4, -0.2) is 17.1 Å². The maximum Gasteiger partial charge on any atom is 0.336 e. The molecule has 6 heteroatoms. The Morgan fingerprint density at radius 2 is 2.10 bits per heavy atom. The summed E-state index contributed by atoms with van der Waals surface area (Å²) in [5.41, 5.74) is 0.750. The molecule has 0 saturated heterocycles. The van der Waals surface area contributed by atoms with E-state index in [1.807, 2.05) is 26.0 Å². The second-order valence-corrected chi connectivity index (χ2v) is 6.09. The molecule has 1 heterocycles. The summed E-state index contributed by atoms with van der Waals surface area (Å²) in [4.78, 5) is 22.8. The molecular formula is C15H16BrNO4. The molecule has 0 amide bonds. The van der Waals surface area contributed by atoms with Gasteiger partial charge in [-0.3, -0.25) is 4.79 Å². The minimum Gasteiger partial charge on any atom is -0.480 e. The number of hydrogen-bond acceptors (Lipinski definition) is 4. The largest absolute Gasteiger partial charge is 0.480 e. The third kappa shape index (κ3) is 3.71. The number of halogens is 1. The van der Waals surface area contributed by atoms with Gasteiger partial charge in [0.05, 0.1) is 0 Å². The first-order chi connectivity index (χ1) is 9.88. The molecule has 5 nitrogen and oxygen atoms in total. The van der Waals surface area contributed by atoms with Gasteiger partial charge in [-0.05, 0) is 29.7 Å². The van der Waals surface area contributed by atoms with Crippen LogP contribution in [0.1, 0.15) is 19.4 Å². The minimum atomic E-state index is -0.903. The molecule has 0 aliphatic rings. The lowest BCUT2D eigenvalue weighted by atomic mass is 10.0. The molecule has 1 unspecified atom stereocenters. The van der Waals surface area contributed by atoms with E-state index in [-0.39, 0.29) is 5.92 Å². The van der Waals surface area contributed by atoms with Crippen molar-refractivity contribution in [1.82, 2.24) is 5.32 Å². The van der Waals surface area contributed by atoms with Crippen molar-refractivity contribution in [3.63, 3.8) is 0 Å². The number of aliphatic carboxylic acids is 1. The van der Waals surface area contributed by atoms with Crippen molar-refractivity contribution < 1.29 is 14.3 Å². The second-order valence-electron chi connectivity index (χ2n) is 5.17. The summed E-state index contributed by atoms with van der Waals surface area (Å²) in [5, 5.41) is 12.9. The van der Waals surface area contributed by atoms with Crippen molar-refractivity contribution in [2.75, 3.05) is 0 Å². The Morgan fingerprint density at radius 3 is 2.71 bits per heavy atom. The average molecular weight is 354 g/mol. The van der Waals surface area contributed by atoms with E-state index in [4.69, 9.17) is 4.42 Å². The number of benzene rings is 1. The normalized spacial score (nSPS) is 12.8. The molecule has 0 fully saturated rings. The van der Waals surface area contributed by atoms with Gasteiger partial charge in [0.1, 0.15) is 11.6 Å². The SMILES string of the molecule is CC(C)C(NCc1cc(=O)oc2cc(Br)ccc12)C(=O)O. The van der Waals surface area contributed by atoms with Crippen LogP contribution in [0, 0.1) is 5.92 Å². The van der Waals surface area contributed by atoms with Crippen LogP contribution in [0.2, 0.25) is 0 Å². The maximum absolute atomic E-state index is 11.6. The minimum absolute atomic E-state index is 0.0527. The smallest absolute Gasteiger partial charge is 0.336 e. The van der Waals surface area contributed by atoms with E-state index in [1.165, 1.54) is 6.07 Å². The van der Waals surface area contributed by atoms with Gasteiger partial charge < -0.3 is 14.8 Å². The van der Waals surface area contributed by atoms with Crippen molar-refractivity contribution >= 4 is 32.9 Å². The summed E-state index contributed by atoms with van der Waals surface area (Å²) in [5.74, 6) is -0.956. The Labute approximate surface area is 130 Å². The van der Waals surface area contributed by atoms with Gasteiger partial charge in [0.2, 0.25) is 0 Å². The van der Waals surface area contributed by atoms with Gasteiger partial charge in [-0.1, -0.05) is 29.8 Å². The molecule has 2 rings (SSSR count). The fourth-order valence-corrected chi connectivity index (χ4v) is 2.52. The van der Waals surface area contributed by atoms with E-state index in [9.17, 15) is 14.7 Å². The van der Waals surface area contributed by atoms with E-state index >= 15 is 0 Å². The van der Waals surface area contributed by atoms with Crippen molar-refractivity contribution in [2.24, 2.45) is 5.92 Å². The fraction of sp³-hybridized carbons (Fsp3) is 0.333. The highest BCUT2D eigenvalue weighted by molar-refractivity contribution is 9.10. The number of hydrogen-bond donors (Lipinski definition) is 2. The van der Waals surface area contributed by atoms with Crippen molar-refractivity contribution in [1.29, 1.82) is 0 Å². The number of carbonyl (C=O) groups is 1. The molecule has 1 aromatic heterocycles. The van der Waals surface area contributed by atoms with E-state index in [0.717, 1.165) is 15.4 Å². The Balaban J connectivity index is 2.34. The van der Waals surface area contributed by atoms with Gasteiger partial charge in [0.15, 0.2) is 0 Å². The van der Waals surface area contributed by atoms with E-state index < -0.39 is 17.6 Å². The third-order valence-corrected chi connectivity index (χ3v) is 3.73. The zero-order valence-corrected chi connectivity index (χ0v) is 13.3. The molecule has 2 N–H and O–H groups in total. The monoisotopic (exact) mass is 353 g/mol. The first-order valence-electron chi connectivity index (χ1n) is 6.57. The fourth-order valence-electron chi connectivity index (χ4n) is 2.18. The van der Waals surface area contributed by atoms with E-state index in [1.54, 1.807) is 6.07 Å². The van der Waals surface area contributed by atoms with Gasteiger partial charge in [-0.25, -0.2) is 4.79 Å². The maximum atomic E-state index is 11.6. The highest BCUT2D eigenvalue weighted by atomic mass is 79.9. The quantitative estimate of drug-likeness (QED) is 0.808. The van der Waals surface area contributed by atoms with Crippen LogP contribution in [0.4, 0.5) is 0 Å². The third-order valence-electron chi connectivity index (χ3n) is 3.24. The Kier molecular flexibility index (Phi) is 4.80. The number of carboxylic acid groups (broad SMARTS) is 1. The predicted octanol–water partition coefficient (Wildman–Crippen LogP) is 2.75. The molecular weight excluding hydrogens is 338 g/mol. The summed E-state index contributed by atoms with van der Waals surface area (Å²) in [7, 11) is 0. The van der Waals surface area contributed by atoms with E-state index in [0.29, 0.717) is 12.1 Å². The molecule has 0 aliphatic carbocycles. The first kappa shape index (κ1) is 15.7. The number of nitrogens with one attached hydrogen (secondary N) is 1. The number of rotatable bonds is 5. The second kappa shape index (κ2) is 6.41. The Morgan fingerprint density at radius 1 is 1.38 bits per heavy atom. The molecule has 112 valence electrons. The lowest BCUT2D eigenvalue weighted by Gasteiger charge is -2.18. The highest BCUT2D eigenvalue weighted by Gasteiger charge is 2.21. The molecule has 2 aromatic rings. The molecule has 1 aromatic carbocycles. The molecule has 0 aliphatic heterocycles. The van der Waals surface area contributed by atoms with Gasteiger partial charge in [-0.2, -0.15) is 0 Å². The molecule has 21 heavy (non-hydrogen) atoms. The lowest BCUT2D eigenvalue weighted by Crippen LogP contribution is -2.40. The topological polar surface area (TPSA) is 79.5 Å². The Bertz CT molecular complexity index is 723. The number of fused-ring (bicyclic) bond motifs is 1.